The molecule has 98 valence electrons. The van der Waals surface area contributed by atoms with Gasteiger partial charge in [-0.25, -0.2) is 0 Å². The van der Waals surface area contributed by atoms with E-state index in [2.05, 4.69) is 10.1 Å². The monoisotopic (exact) mass is 244 g/mol. The van der Waals surface area contributed by atoms with Crippen LogP contribution in [0.15, 0.2) is 0 Å². The number of morpholine rings is 1. The van der Waals surface area contributed by atoms with Crippen LogP contribution in [-0.4, -0.2) is 63.3 Å². The summed E-state index contributed by atoms with van der Waals surface area (Å²) in [5.41, 5.74) is 0. The van der Waals surface area contributed by atoms with Crippen molar-refractivity contribution in [3.63, 3.8) is 0 Å². The molecule has 0 aromatic carbocycles. The normalized spacial score (nSPS) is 19.8. The van der Waals surface area contributed by atoms with E-state index in [1.807, 2.05) is 0 Å². The number of amides is 1. The molecule has 1 amide bonds. The lowest BCUT2D eigenvalue weighted by Crippen LogP contribution is -2.48. The van der Waals surface area contributed by atoms with E-state index in [4.69, 9.17) is 4.74 Å². The van der Waals surface area contributed by atoms with Gasteiger partial charge in [0.15, 0.2) is 0 Å². The zero-order valence-corrected chi connectivity index (χ0v) is 10.4. The fourth-order valence-electron chi connectivity index (χ4n) is 1.64. The average Bonchev–Trinajstić information content (AvgIpc) is 2.38. The Morgan fingerprint density at radius 1 is 1.53 bits per heavy atom. The van der Waals surface area contributed by atoms with E-state index in [-0.39, 0.29) is 11.9 Å². The summed E-state index contributed by atoms with van der Waals surface area (Å²) in [6.07, 6.45) is 0.541. The molecule has 1 atom stereocenters. The second-order valence-electron chi connectivity index (χ2n) is 4.00. The maximum Gasteiger partial charge on any atom is 0.305 e. The van der Waals surface area contributed by atoms with Gasteiger partial charge < -0.3 is 19.7 Å². The van der Waals surface area contributed by atoms with Gasteiger partial charge in [-0.15, -0.1) is 0 Å². The zero-order valence-electron chi connectivity index (χ0n) is 10.4. The van der Waals surface area contributed by atoms with Gasteiger partial charge in [0.2, 0.25) is 0 Å². The molecule has 0 saturated carbocycles. The van der Waals surface area contributed by atoms with Gasteiger partial charge in [-0.3, -0.25) is 9.59 Å². The van der Waals surface area contributed by atoms with Crippen molar-refractivity contribution in [2.75, 3.05) is 40.4 Å². The predicted molar refractivity (Wildman–Crippen MR) is 61.5 cm³/mol. The number of methoxy groups -OCH3 is 1. The topological polar surface area (TPSA) is 67.9 Å². The molecule has 0 aliphatic carbocycles. The van der Waals surface area contributed by atoms with Gasteiger partial charge in [-0.2, -0.15) is 0 Å². The number of nitrogens with zero attached hydrogens (tertiary/aromatic N) is 1. The fourth-order valence-corrected chi connectivity index (χ4v) is 1.64. The van der Waals surface area contributed by atoms with Crippen molar-refractivity contribution in [2.45, 2.75) is 18.9 Å². The van der Waals surface area contributed by atoms with Crippen LogP contribution in [0.25, 0.3) is 0 Å². The highest BCUT2D eigenvalue weighted by atomic mass is 16.5. The number of hydrogen-bond donors (Lipinski definition) is 1. The van der Waals surface area contributed by atoms with Crippen LogP contribution in [0.4, 0.5) is 0 Å². The Bertz CT molecular complexity index is 264. The number of carbonyl (C=O) groups excluding carboxylic acids is 2. The van der Waals surface area contributed by atoms with Gasteiger partial charge >= 0.3 is 5.97 Å². The van der Waals surface area contributed by atoms with Crippen molar-refractivity contribution in [2.24, 2.45) is 0 Å². The summed E-state index contributed by atoms with van der Waals surface area (Å²) in [5.74, 6) is -0.288. The van der Waals surface area contributed by atoms with Gasteiger partial charge in [0.05, 0.1) is 13.7 Å². The number of ether oxygens (including phenoxy) is 2. The van der Waals surface area contributed by atoms with E-state index in [9.17, 15) is 9.59 Å². The highest BCUT2D eigenvalue weighted by molar-refractivity contribution is 5.81. The van der Waals surface area contributed by atoms with E-state index in [1.165, 1.54) is 7.11 Å². The lowest BCUT2D eigenvalue weighted by molar-refractivity contribution is -0.145. The minimum atomic E-state index is -0.396. The van der Waals surface area contributed by atoms with Gasteiger partial charge in [0.1, 0.15) is 6.10 Å². The molecule has 1 unspecified atom stereocenters. The number of hydrogen-bond acceptors (Lipinski definition) is 5. The summed E-state index contributed by atoms with van der Waals surface area (Å²) < 4.78 is 9.90. The summed E-state index contributed by atoms with van der Waals surface area (Å²) in [6.45, 7) is 2.44. The number of rotatable bonds is 5. The molecule has 6 heteroatoms. The maximum absolute atomic E-state index is 11.9. The first kappa shape index (κ1) is 13.9. The molecule has 1 N–H and O–H groups in total. The highest BCUT2D eigenvalue weighted by Gasteiger charge is 2.24. The largest absolute Gasteiger partial charge is 0.469 e. The third-order valence-corrected chi connectivity index (χ3v) is 2.68. The van der Waals surface area contributed by atoms with Crippen molar-refractivity contribution in [1.82, 2.24) is 10.2 Å². The minimum Gasteiger partial charge on any atom is -0.469 e. The highest BCUT2D eigenvalue weighted by Crippen LogP contribution is 2.03. The van der Waals surface area contributed by atoms with Crippen molar-refractivity contribution < 1.29 is 19.1 Å². The number of nitrogens with one attached hydrogen (secondary N) is 1. The SMILES string of the molecule is COC(=O)CCCN(C)C(=O)C1CNCCO1. The Morgan fingerprint density at radius 3 is 2.88 bits per heavy atom. The van der Waals surface area contributed by atoms with Crippen LogP contribution in [0.3, 0.4) is 0 Å². The van der Waals surface area contributed by atoms with Crippen LogP contribution in [0.1, 0.15) is 12.8 Å². The van der Waals surface area contributed by atoms with Crippen LogP contribution in [-0.2, 0) is 19.1 Å². The second-order valence-corrected chi connectivity index (χ2v) is 4.00. The summed E-state index contributed by atoms with van der Waals surface area (Å²) in [4.78, 5) is 24.4. The van der Waals surface area contributed by atoms with E-state index in [0.29, 0.717) is 32.5 Å². The first-order valence-corrected chi connectivity index (χ1v) is 5.79. The Kier molecular flexibility index (Phi) is 5.93. The zero-order chi connectivity index (χ0) is 12.7. The molecular weight excluding hydrogens is 224 g/mol. The summed E-state index contributed by atoms with van der Waals surface area (Å²) in [7, 11) is 3.08. The van der Waals surface area contributed by atoms with Crippen LogP contribution >= 0.6 is 0 Å². The summed E-state index contributed by atoms with van der Waals surface area (Å²) >= 11 is 0. The van der Waals surface area contributed by atoms with E-state index in [0.717, 1.165) is 6.54 Å². The number of esters is 1. The molecule has 1 heterocycles. The van der Waals surface area contributed by atoms with Crippen LogP contribution in [0.5, 0.6) is 0 Å². The standard InChI is InChI=1S/C11H20N2O4/c1-13(6-3-4-10(14)16-2)11(15)9-8-12-5-7-17-9/h9,12H,3-8H2,1-2H3. The molecule has 0 aromatic heterocycles. The van der Waals surface area contributed by atoms with Gasteiger partial charge in [-0.1, -0.05) is 0 Å². The third kappa shape index (κ3) is 4.70. The lowest BCUT2D eigenvalue weighted by atomic mass is 10.2. The molecule has 6 nitrogen and oxygen atoms in total. The quantitative estimate of drug-likeness (QED) is 0.653. The van der Waals surface area contributed by atoms with Crippen molar-refractivity contribution >= 4 is 11.9 Å². The third-order valence-electron chi connectivity index (χ3n) is 2.68. The van der Waals surface area contributed by atoms with Crippen molar-refractivity contribution in [3.05, 3.63) is 0 Å². The lowest BCUT2D eigenvalue weighted by Gasteiger charge is -2.27. The number of carbonyl (C=O) groups is 2. The fraction of sp³-hybridized carbons (Fsp3) is 0.818. The molecule has 1 aliphatic rings. The molecule has 17 heavy (non-hydrogen) atoms. The Balaban J connectivity index is 2.23. The van der Waals surface area contributed by atoms with E-state index >= 15 is 0 Å². The number of likely N-dealkylation sites (N-methyl/N-ethyl adjacent to an activating group) is 1. The average molecular weight is 244 g/mol. The first-order chi connectivity index (χ1) is 8.15. The maximum atomic E-state index is 11.9. The Labute approximate surface area is 101 Å². The van der Waals surface area contributed by atoms with Gasteiger partial charge in [0, 0.05) is 33.1 Å². The van der Waals surface area contributed by atoms with Gasteiger partial charge in [0.25, 0.3) is 5.91 Å². The Morgan fingerprint density at radius 2 is 2.29 bits per heavy atom. The molecule has 1 rings (SSSR count). The molecule has 0 bridgehead atoms. The smallest absolute Gasteiger partial charge is 0.305 e. The Hall–Kier alpha value is -1.14. The van der Waals surface area contributed by atoms with E-state index < -0.39 is 6.10 Å². The van der Waals surface area contributed by atoms with Crippen LogP contribution in [0, 0.1) is 0 Å². The molecule has 0 radical (unpaired) electrons. The summed E-state index contributed by atoms with van der Waals surface area (Å²) in [5, 5.41) is 3.11. The molecule has 1 saturated heterocycles. The minimum absolute atomic E-state index is 0.0398. The molecule has 0 spiro atoms. The molecular formula is C11H20N2O4. The molecule has 1 fully saturated rings. The predicted octanol–water partition coefficient (Wildman–Crippen LogP) is -0.614. The van der Waals surface area contributed by atoms with Gasteiger partial charge in [-0.05, 0) is 6.42 Å². The molecule has 1 aliphatic heterocycles. The van der Waals surface area contributed by atoms with E-state index in [1.54, 1.807) is 11.9 Å². The molecule has 0 aromatic rings. The van der Waals surface area contributed by atoms with Crippen LogP contribution in [0.2, 0.25) is 0 Å². The van der Waals surface area contributed by atoms with Crippen LogP contribution < -0.4 is 5.32 Å². The summed E-state index contributed by atoms with van der Waals surface area (Å²) in [6, 6.07) is 0. The first-order valence-electron chi connectivity index (χ1n) is 5.79. The second kappa shape index (κ2) is 7.24. The van der Waals surface area contributed by atoms with Crippen molar-refractivity contribution in [1.29, 1.82) is 0 Å². The van der Waals surface area contributed by atoms with Crippen molar-refractivity contribution in [3.8, 4) is 0 Å².